The zero-order valence-corrected chi connectivity index (χ0v) is 13.8. The quantitative estimate of drug-likeness (QED) is 0.907. The van der Waals surface area contributed by atoms with E-state index < -0.39 is 0 Å². The number of pyridine rings is 2. The maximum absolute atomic E-state index is 12.6. The van der Waals surface area contributed by atoms with Gasteiger partial charge in [-0.15, -0.1) is 0 Å². The van der Waals surface area contributed by atoms with Gasteiger partial charge in [-0.3, -0.25) is 9.59 Å². The molecule has 1 amide bonds. The van der Waals surface area contributed by atoms with Crippen molar-refractivity contribution in [2.75, 3.05) is 18.4 Å². The first kappa shape index (κ1) is 16.2. The van der Waals surface area contributed by atoms with Gasteiger partial charge in [-0.05, 0) is 38.0 Å². The highest BCUT2D eigenvalue weighted by Gasteiger charge is 2.28. The lowest BCUT2D eigenvalue weighted by molar-refractivity contribution is -0.132. The van der Waals surface area contributed by atoms with Gasteiger partial charge in [0.25, 0.3) is 5.56 Å². The van der Waals surface area contributed by atoms with Crippen LogP contribution in [0.2, 0.25) is 0 Å². The molecule has 0 aliphatic carbocycles. The van der Waals surface area contributed by atoms with E-state index in [0.29, 0.717) is 6.54 Å². The van der Waals surface area contributed by atoms with Crippen molar-refractivity contribution in [2.45, 2.75) is 32.4 Å². The lowest BCUT2D eigenvalue weighted by Crippen LogP contribution is -2.42. The molecule has 6 nitrogen and oxygen atoms in total. The van der Waals surface area contributed by atoms with Crippen molar-refractivity contribution >= 4 is 11.7 Å². The Morgan fingerprint density at radius 1 is 1.29 bits per heavy atom. The minimum atomic E-state index is -0.149. The molecule has 2 aromatic rings. The fourth-order valence-corrected chi connectivity index (χ4v) is 3.07. The average molecular weight is 326 g/mol. The Morgan fingerprint density at radius 2 is 2.17 bits per heavy atom. The van der Waals surface area contributed by atoms with Crippen LogP contribution in [0.15, 0.2) is 47.4 Å². The lowest BCUT2D eigenvalue weighted by Gasteiger charge is -2.25. The van der Waals surface area contributed by atoms with Gasteiger partial charge >= 0.3 is 0 Å². The summed E-state index contributed by atoms with van der Waals surface area (Å²) in [6.07, 6.45) is 3.61. The molecule has 1 aliphatic heterocycles. The third-order valence-corrected chi connectivity index (χ3v) is 4.31. The van der Waals surface area contributed by atoms with Crippen LogP contribution in [-0.4, -0.2) is 39.5 Å². The molecule has 1 fully saturated rings. The maximum atomic E-state index is 12.6. The van der Waals surface area contributed by atoms with Gasteiger partial charge in [-0.2, -0.15) is 0 Å². The summed E-state index contributed by atoms with van der Waals surface area (Å²) in [5.74, 6) is 0.818. The van der Waals surface area contributed by atoms with Gasteiger partial charge < -0.3 is 14.8 Å². The van der Waals surface area contributed by atoms with Crippen LogP contribution in [0.1, 0.15) is 18.5 Å². The number of carbonyl (C=O) groups is 1. The molecule has 0 aromatic carbocycles. The third-order valence-electron chi connectivity index (χ3n) is 4.31. The van der Waals surface area contributed by atoms with E-state index >= 15 is 0 Å². The van der Waals surface area contributed by atoms with Gasteiger partial charge in [0, 0.05) is 37.1 Å². The van der Waals surface area contributed by atoms with Crippen molar-refractivity contribution < 1.29 is 4.79 Å². The number of nitrogens with one attached hydrogen (secondary N) is 1. The molecule has 1 aliphatic rings. The van der Waals surface area contributed by atoms with E-state index in [1.165, 1.54) is 10.6 Å². The second-order valence-electron chi connectivity index (χ2n) is 6.10. The fourth-order valence-electron chi connectivity index (χ4n) is 3.07. The molecule has 0 spiro atoms. The first-order chi connectivity index (χ1) is 11.6. The molecule has 0 bridgehead atoms. The van der Waals surface area contributed by atoms with E-state index in [0.717, 1.165) is 30.9 Å². The van der Waals surface area contributed by atoms with Crippen LogP contribution in [0, 0.1) is 6.92 Å². The van der Waals surface area contributed by atoms with E-state index in [4.69, 9.17) is 0 Å². The summed E-state index contributed by atoms with van der Waals surface area (Å²) in [5.41, 5.74) is 0.812. The summed E-state index contributed by atoms with van der Waals surface area (Å²) in [5, 5.41) is 3.31. The Labute approximate surface area is 141 Å². The minimum absolute atomic E-state index is 0.00944. The largest absolute Gasteiger partial charge is 0.368 e. The molecule has 1 saturated heterocycles. The summed E-state index contributed by atoms with van der Waals surface area (Å²) >= 11 is 0. The topological polar surface area (TPSA) is 67.2 Å². The van der Waals surface area contributed by atoms with E-state index in [-0.39, 0.29) is 24.1 Å². The Balaban J connectivity index is 1.61. The number of rotatable bonds is 5. The second kappa shape index (κ2) is 7.29. The molecule has 1 N–H and O–H groups in total. The highest BCUT2D eigenvalue weighted by molar-refractivity contribution is 5.76. The van der Waals surface area contributed by atoms with Crippen LogP contribution in [0.4, 0.5) is 5.82 Å². The number of hydrogen-bond donors (Lipinski definition) is 1. The zero-order chi connectivity index (χ0) is 16.9. The summed E-state index contributed by atoms with van der Waals surface area (Å²) in [6.45, 7) is 3.47. The Kier molecular flexibility index (Phi) is 4.93. The standard InChI is InChI=1S/C18H22N4O2/c1-14-6-4-8-16(20-14)19-12-15-7-5-11-22(15)18(24)13-21-10-3-2-9-17(21)23/h2-4,6,8-10,15H,5,7,11-13H2,1H3,(H,19,20). The number of aromatic nitrogens is 2. The smallest absolute Gasteiger partial charge is 0.250 e. The minimum Gasteiger partial charge on any atom is -0.368 e. The van der Waals surface area contributed by atoms with Gasteiger partial charge in [0.05, 0.1) is 0 Å². The number of nitrogens with zero attached hydrogens (tertiary/aromatic N) is 3. The number of aryl methyl sites for hydroxylation is 1. The molecule has 0 saturated carbocycles. The van der Waals surface area contributed by atoms with Crippen LogP contribution >= 0.6 is 0 Å². The first-order valence-electron chi connectivity index (χ1n) is 8.26. The Morgan fingerprint density at radius 3 is 2.96 bits per heavy atom. The predicted octanol–water partition coefficient (Wildman–Crippen LogP) is 1.65. The van der Waals surface area contributed by atoms with Crippen molar-refractivity contribution in [1.29, 1.82) is 0 Å². The van der Waals surface area contributed by atoms with Crippen molar-refractivity contribution in [1.82, 2.24) is 14.5 Å². The van der Waals surface area contributed by atoms with Crippen molar-refractivity contribution in [3.63, 3.8) is 0 Å². The molecule has 3 rings (SSSR count). The van der Waals surface area contributed by atoms with Gasteiger partial charge in [0.1, 0.15) is 12.4 Å². The number of likely N-dealkylation sites (tertiary alicyclic amines) is 1. The molecule has 24 heavy (non-hydrogen) atoms. The van der Waals surface area contributed by atoms with Gasteiger partial charge in [-0.1, -0.05) is 12.1 Å². The molecule has 2 aromatic heterocycles. The summed E-state index contributed by atoms with van der Waals surface area (Å²) in [4.78, 5) is 30.6. The van der Waals surface area contributed by atoms with Crippen molar-refractivity contribution in [3.8, 4) is 0 Å². The number of amides is 1. The SMILES string of the molecule is Cc1cccc(NCC2CCCN2C(=O)Cn2ccccc2=O)n1. The van der Waals surface area contributed by atoms with Crippen LogP contribution in [0.3, 0.4) is 0 Å². The molecule has 3 heterocycles. The first-order valence-corrected chi connectivity index (χ1v) is 8.26. The van der Waals surface area contributed by atoms with Crippen LogP contribution < -0.4 is 10.9 Å². The van der Waals surface area contributed by atoms with E-state index in [1.807, 2.05) is 30.0 Å². The molecule has 1 unspecified atom stereocenters. The Bertz CT molecular complexity index is 771. The number of anilines is 1. The fraction of sp³-hybridized carbons (Fsp3) is 0.389. The normalized spacial score (nSPS) is 17.0. The molecule has 1 atom stereocenters. The van der Waals surface area contributed by atoms with E-state index in [1.54, 1.807) is 18.3 Å². The zero-order valence-electron chi connectivity index (χ0n) is 13.8. The van der Waals surface area contributed by atoms with Crippen molar-refractivity contribution in [3.05, 3.63) is 58.6 Å². The number of carbonyl (C=O) groups excluding carboxylic acids is 1. The predicted molar refractivity (Wildman–Crippen MR) is 92.9 cm³/mol. The second-order valence-corrected chi connectivity index (χ2v) is 6.10. The van der Waals surface area contributed by atoms with Crippen LogP contribution in [0.5, 0.6) is 0 Å². The monoisotopic (exact) mass is 326 g/mol. The molecule has 126 valence electrons. The molecule has 0 radical (unpaired) electrons. The lowest BCUT2D eigenvalue weighted by atomic mass is 10.2. The molecule has 6 heteroatoms. The van der Waals surface area contributed by atoms with Gasteiger partial charge in [-0.25, -0.2) is 4.98 Å². The maximum Gasteiger partial charge on any atom is 0.250 e. The highest BCUT2D eigenvalue weighted by Crippen LogP contribution is 2.18. The summed E-state index contributed by atoms with van der Waals surface area (Å²) < 4.78 is 1.45. The van der Waals surface area contributed by atoms with Gasteiger partial charge in [0.15, 0.2) is 0 Å². The van der Waals surface area contributed by atoms with Crippen LogP contribution in [0.25, 0.3) is 0 Å². The van der Waals surface area contributed by atoms with E-state index in [9.17, 15) is 9.59 Å². The number of hydrogen-bond acceptors (Lipinski definition) is 4. The highest BCUT2D eigenvalue weighted by atomic mass is 16.2. The average Bonchev–Trinajstić information content (AvgIpc) is 3.04. The summed E-state index contributed by atoms with van der Waals surface area (Å²) in [6, 6.07) is 10.9. The molecular formula is C18H22N4O2. The third kappa shape index (κ3) is 3.82. The van der Waals surface area contributed by atoms with Crippen LogP contribution in [-0.2, 0) is 11.3 Å². The molecular weight excluding hydrogens is 304 g/mol. The van der Waals surface area contributed by atoms with Crippen molar-refractivity contribution in [2.24, 2.45) is 0 Å². The summed E-state index contributed by atoms with van der Waals surface area (Å²) in [7, 11) is 0. The van der Waals surface area contributed by atoms with E-state index in [2.05, 4.69) is 10.3 Å². The Hall–Kier alpha value is -2.63. The van der Waals surface area contributed by atoms with Gasteiger partial charge in [0.2, 0.25) is 5.91 Å².